The van der Waals surface area contributed by atoms with Crippen LogP contribution in [0.2, 0.25) is 0 Å². The van der Waals surface area contributed by atoms with Crippen molar-refractivity contribution in [2.75, 3.05) is 19.0 Å². The third-order valence-corrected chi connectivity index (χ3v) is 7.05. The topological polar surface area (TPSA) is 81.7 Å². The second-order valence-electron chi connectivity index (χ2n) is 6.62. The molecule has 25 heavy (non-hydrogen) atoms. The number of carbonyl (C=O) groups is 1. The van der Waals surface area contributed by atoms with E-state index in [0.29, 0.717) is 19.8 Å². The number of sulfone groups is 1. The van der Waals surface area contributed by atoms with Crippen molar-refractivity contribution in [1.82, 2.24) is 5.32 Å². The summed E-state index contributed by atoms with van der Waals surface area (Å²) < 4.78 is 35.2. The Morgan fingerprint density at radius 3 is 2.36 bits per heavy atom. The fourth-order valence-corrected chi connectivity index (χ4v) is 5.14. The maximum Gasteiger partial charge on any atom is 0.221 e. The first-order valence-electron chi connectivity index (χ1n) is 8.85. The molecule has 1 aromatic carbocycles. The van der Waals surface area contributed by atoms with Gasteiger partial charge in [0.05, 0.1) is 24.2 Å². The molecule has 0 radical (unpaired) electrons. The molecule has 0 aromatic heterocycles. The summed E-state index contributed by atoms with van der Waals surface area (Å²) in [5, 5.41) is 2.54. The van der Waals surface area contributed by atoms with Gasteiger partial charge in [-0.05, 0) is 18.4 Å². The number of amides is 1. The van der Waals surface area contributed by atoms with Crippen LogP contribution in [0.5, 0.6) is 0 Å². The molecule has 3 rings (SSSR count). The standard InChI is InChI=1S/C18H25NO5S/c20-17(9-12-25(21,22)16-3-1-2-4-16)19-13-14-5-7-15(8-6-14)18-23-10-11-24-18/h5-8,16,18H,1-4,9-13H2,(H,19,20). The molecular formula is C18H25NO5S. The summed E-state index contributed by atoms with van der Waals surface area (Å²) in [5.74, 6) is -0.285. The minimum Gasteiger partial charge on any atom is -0.352 e. The van der Waals surface area contributed by atoms with E-state index >= 15 is 0 Å². The summed E-state index contributed by atoms with van der Waals surface area (Å²) in [6, 6.07) is 7.66. The van der Waals surface area contributed by atoms with Crippen molar-refractivity contribution in [2.45, 2.75) is 50.2 Å². The number of nitrogens with one attached hydrogen (secondary N) is 1. The van der Waals surface area contributed by atoms with Crippen LogP contribution in [0.15, 0.2) is 24.3 Å². The molecule has 1 aliphatic carbocycles. The van der Waals surface area contributed by atoms with Gasteiger partial charge in [-0.15, -0.1) is 0 Å². The maximum atomic E-state index is 12.2. The van der Waals surface area contributed by atoms with E-state index in [1.807, 2.05) is 24.3 Å². The van der Waals surface area contributed by atoms with E-state index in [4.69, 9.17) is 9.47 Å². The van der Waals surface area contributed by atoms with Gasteiger partial charge in [0.25, 0.3) is 0 Å². The maximum absolute atomic E-state index is 12.2. The highest BCUT2D eigenvalue weighted by atomic mass is 32.2. The average molecular weight is 367 g/mol. The van der Waals surface area contributed by atoms with Crippen molar-refractivity contribution in [1.29, 1.82) is 0 Å². The SMILES string of the molecule is O=C(CCS(=O)(=O)C1CCCC1)NCc1ccc(C2OCCO2)cc1. The van der Waals surface area contributed by atoms with E-state index in [0.717, 1.165) is 36.8 Å². The quantitative estimate of drug-likeness (QED) is 0.798. The second kappa shape index (κ2) is 8.29. The van der Waals surface area contributed by atoms with Gasteiger partial charge in [0.1, 0.15) is 0 Å². The van der Waals surface area contributed by atoms with Gasteiger partial charge in [0, 0.05) is 18.5 Å². The number of hydrogen-bond acceptors (Lipinski definition) is 5. The Labute approximate surface area is 148 Å². The molecule has 2 aliphatic rings. The van der Waals surface area contributed by atoms with Crippen molar-refractivity contribution in [3.05, 3.63) is 35.4 Å². The summed E-state index contributed by atoms with van der Waals surface area (Å²) in [5.41, 5.74) is 1.91. The highest BCUT2D eigenvalue weighted by Gasteiger charge is 2.28. The van der Waals surface area contributed by atoms with Gasteiger partial charge < -0.3 is 14.8 Å². The molecule has 7 heteroatoms. The molecule has 0 unspecified atom stereocenters. The van der Waals surface area contributed by atoms with Gasteiger partial charge in [-0.25, -0.2) is 8.42 Å². The molecule has 1 saturated carbocycles. The predicted molar refractivity (Wildman–Crippen MR) is 93.6 cm³/mol. The van der Waals surface area contributed by atoms with Crippen LogP contribution >= 0.6 is 0 Å². The molecule has 1 saturated heterocycles. The lowest BCUT2D eigenvalue weighted by Crippen LogP contribution is -2.28. The van der Waals surface area contributed by atoms with Gasteiger partial charge >= 0.3 is 0 Å². The first-order chi connectivity index (χ1) is 12.0. The van der Waals surface area contributed by atoms with Crippen molar-refractivity contribution in [3.63, 3.8) is 0 Å². The monoisotopic (exact) mass is 367 g/mol. The van der Waals surface area contributed by atoms with Crippen LogP contribution in [0, 0.1) is 0 Å². The van der Waals surface area contributed by atoms with E-state index in [1.54, 1.807) is 0 Å². The lowest BCUT2D eigenvalue weighted by atomic mass is 10.1. The van der Waals surface area contributed by atoms with Crippen LogP contribution < -0.4 is 5.32 Å². The van der Waals surface area contributed by atoms with Crippen LogP contribution in [0.25, 0.3) is 0 Å². The molecule has 1 N–H and O–H groups in total. The molecule has 0 spiro atoms. The molecule has 138 valence electrons. The molecule has 1 amide bonds. The normalized spacial score (nSPS) is 19.4. The lowest BCUT2D eigenvalue weighted by Gasteiger charge is -2.12. The number of ether oxygens (including phenoxy) is 2. The van der Waals surface area contributed by atoms with Gasteiger partial charge in [-0.2, -0.15) is 0 Å². The summed E-state index contributed by atoms with van der Waals surface area (Å²) in [7, 11) is -3.14. The molecule has 1 heterocycles. The van der Waals surface area contributed by atoms with Crippen molar-refractivity contribution < 1.29 is 22.7 Å². The van der Waals surface area contributed by atoms with Crippen molar-refractivity contribution in [3.8, 4) is 0 Å². The van der Waals surface area contributed by atoms with E-state index in [1.165, 1.54) is 0 Å². The average Bonchev–Trinajstić information content (AvgIpc) is 3.32. The number of hydrogen-bond donors (Lipinski definition) is 1. The van der Waals surface area contributed by atoms with E-state index in [-0.39, 0.29) is 29.6 Å². The second-order valence-corrected chi connectivity index (χ2v) is 9.02. The minimum absolute atomic E-state index is 0.0284. The Bertz CT molecular complexity index is 674. The molecule has 0 bridgehead atoms. The minimum atomic E-state index is -3.14. The van der Waals surface area contributed by atoms with Crippen molar-refractivity contribution in [2.24, 2.45) is 0 Å². The molecule has 6 nitrogen and oxygen atoms in total. The fourth-order valence-electron chi connectivity index (χ4n) is 3.28. The van der Waals surface area contributed by atoms with Gasteiger partial charge in [-0.1, -0.05) is 37.1 Å². The largest absolute Gasteiger partial charge is 0.352 e. The third-order valence-electron chi connectivity index (χ3n) is 4.79. The van der Waals surface area contributed by atoms with Crippen molar-refractivity contribution >= 4 is 15.7 Å². The van der Waals surface area contributed by atoms with Gasteiger partial charge in [0.15, 0.2) is 16.1 Å². The Hall–Kier alpha value is -1.44. The number of benzene rings is 1. The zero-order chi connectivity index (χ0) is 17.7. The van der Waals surface area contributed by atoms with Crippen LogP contribution in [-0.2, 0) is 30.7 Å². The Morgan fingerprint density at radius 2 is 1.72 bits per heavy atom. The van der Waals surface area contributed by atoms with Crippen LogP contribution in [0.1, 0.15) is 49.5 Å². The number of carbonyl (C=O) groups excluding carboxylic acids is 1. The lowest BCUT2D eigenvalue weighted by molar-refractivity contribution is -0.120. The first-order valence-corrected chi connectivity index (χ1v) is 10.6. The Morgan fingerprint density at radius 1 is 1.08 bits per heavy atom. The van der Waals surface area contributed by atoms with Crippen LogP contribution in [0.3, 0.4) is 0 Å². The molecule has 0 atom stereocenters. The van der Waals surface area contributed by atoms with E-state index in [9.17, 15) is 13.2 Å². The number of rotatable bonds is 7. The highest BCUT2D eigenvalue weighted by Crippen LogP contribution is 2.25. The zero-order valence-electron chi connectivity index (χ0n) is 14.3. The third kappa shape index (κ3) is 5.03. The van der Waals surface area contributed by atoms with Gasteiger partial charge in [-0.3, -0.25) is 4.79 Å². The Kier molecular flexibility index (Phi) is 6.09. The zero-order valence-corrected chi connectivity index (χ0v) is 15.1. The van der Waals surface area contributed by atoms with E-state index < -0.39 is 9.84 Å². The predicted octanol–water partition coefficient (Wildman–Crippen LogP) is 2.10. The highest BCUT2D eigenvalue weighted by molar-refractivity contribution is 7.92. The summed E-state index contributed by atoms with van der Waals surface area (Å²) in [4.78, 5) is 11.9. The molecule has 1 aromatic rings. The molecule has 1 aliphatic heterocycles. The summed E-state index contributed by atoms with van der Waals surface area (Å²) in [6.07, 6.45) is 3.16. The molecular weight excluding hydrogens is 342 g/mol. The summed E-state index contributed by atoms with van der Waals surface area (Å²) in [6.45, 7) is 1.59. The van der Waals surface area contributed by atoms with Gasteiger partial charge in [0.2, 0.25) is 5.91 Å². The fraction of sp³-hybridized carbons (Fsp3) is 0.611. The smallest absolute Gasteiger partial charge is 0.221 e. The Balaban J connectivity index is 1.42. The van der Waals surface area contributed by atoms with E-state index in [2.05, 4.69) is 5.32 Å². The first kappa shape index (κ1) is 18.4. The van der Waals surface area contributed by atoms with Crippen LogP contribution in [0.4, 0.5) is 0 Å². The summed E-state index contributed by atoms with van der Waals surface area (Å²) >= 11 is 0. The van der Waals surface area contributed by atoms with Crippen LogP contribution in [-0.4, -0.2) is 38.5 Å². The molecule has 2 fully saturated rings.